The minimum atomic E-state index is -0.747. The minimum absolute atomic E-state index is 0.00922. The van der Waals surface area contributed by atoms with Gasteiger partial charge in [-0.15, -0.1) is 0 Å². The molecular weight excluding hydrogens is 444 g/mol. The number of carbonyl (C=O) groups excluding carboxylic acids is 1. The standard InChI is InChI=1S/C28H20N2O5/c1-17-14-23(29-35-17)30-25(19-10-7-11-20(15-19)33-16-18-8-3-2-4-9-18)24-26(31)21-12-5-6-13-22(21)34-27(24)28(30)32/h2-15,25H,16H2,1H3/t25-/m1/s1. The summed E-state index contributed by atoms with van der Waals surface area (Å²) in [6.45, 7) is 2.14. The normalized spacial score (nSPS) is 14.9. The summed E-state index contributed by atoms with van der Waals surface area (Å²) in [7, 11) is 0. The van der Waals surface area contributed by atoms with Crippen LogP contribution in [0.15, 0.2) is 98.7 Å². The van der Waals surface area contributed by atoms with Crippen LogP contribution in [0.25, 0.3) is 11.0 Å². The van der Waals surface area contributed by atoms with E-state index in [1.165, 1.54) is 4.90 Å². The lowest BCUT2D eigenvalue weighted by Gasteiger charge is -2.22. The summed E-state index contributed by atoms with van der Waals surface area (Å²) in [5.74, 6) is 1.04. The predicted molar refractivity (Wildman–Crippen MR) is 130 cm³/mol. The zero-order valence-corrected chi connectivity index (χ0v) is 18.8. The molecule has 1 atom stereocenters. The summed E-state index contributed by atoms with van der Waals surface area (Å²) in [4.78, 5) is 28.6. The predicted octanol–water partition coefficient (Wildman–Crippen LogP) is 5.42. The molecule has 1 aliphatic rings. The quantitative estimate of drug-likeness (QED) is 0.345. The van der Waals surface area contributed by atoms with Crippen LogP contribution in [0.2, 0.25) is 0 Å². The van der Waals surface area contributed by atoms with E-state index in [0.29, 0.717) is 40.5 Å². The van der Waals surface area contributed by atoms with E-state index in [0.717, 1.165) is 5.56 Å². The number of hydrogen-bond acceptors (Lipinski definition) is 6. The zero-order valence-electron chi connectivity index (χ0n) is 18.8. The number of nitrogens with zero attached hydrogens (tertiary/aromatic N) is 2. The van der Waals surface area contributed by atoms with E-state index in [9.17, 15) is 9.59 Å². The molecule has 172 valence electrons. The molecule has 1 aliphatic heterocycles. The molecule has 35 heavy (non-hydrogen) atoms. The van der Waals surface area contributed by atoms with Crippen molar-refractivity contribution in [2.75, 3.05) is 4.90 Å². The van der Waals surface area contributed by atoms with Crippen molar-refractivity contribution in [3.63, 3.8) is 0 Å². The Balaban J connectivity index is 1.48. The fourth-order valence-corrected chi connectivity index (χ4v) is 4.45. The highest BCUT2D eigenvalue weighted by Crippen LogP contribution is 2.41. The number of hydrogen-bond donors (Lipinski definition) is 0. The van der Waals surface area contributed by atoms with Crippen LogP contribution >= 0.6 is 0 Å². The smallest absolute Gasteiger partial charge is 0.296 e. The third-order valence-corrected chi connectivity index (χ3v) is 6.06. The second-order valence-corrected chi connectivity index (χ2v) is 8.39. The Kier molecular flexibility index (Phi) is 4.95. The van der Waals surface area contributed by atoms with Gasteiger partial charge in [-0.1, -0.05) is 59.8 Å². The van der Waals surface area contributed by atoms with Gasteiger partial charge in [0, 0.05) is 6.07 Å². The van der Waals surface area contributed by atoms with Gasteiger partial charge in [0.25, 0.3) is 5.91 Å². The Labute approximate surface area is 200 Å². The first-order valence-electron chi connectivity index (χ1n) is 11.2. The topological polar surface area (TPSA) is 85.8 Å². The van der Waals surface area contributed by atoms with Crippen molar-refractivity contribution in [2.24, 2.45) is 0 Å². The van der Waals surface area contributed by atoms with Gasteiger partial charge in [0.15, 0.2) is 11.2 Å². The molecule has 0 aliphatic carbocycles. The van der Waals surface area contributed by atoms with Gasteiger partial charge in [-0.2, -0.15) is 0 Å². The van der Waals surface area contributed by atoms with Crippen LogP contribution in [0.4, 0.5) is 5.82 Å². The molecule has 7 heteroatoms. The van der Waals surface area contributed by atoms with Crippen molar-refractivity contribution < 1.29 is 18.5 Å². The highest BCUT2D eigenvalue weighted by Gasteiger charge is 2.45. The third kappa shape index (κ3) is 3.58. The number of aryl methyl sites for hydroxylation is 1. The Bertz CT molecular complexity index is 1620. The molecule has 3 heterocycles. The van der Waals surface area contributed by atoms with E-state index >= 15 is 0 Å². The van der Waals surface area contributed by atoms with Crippen molar-refractivity contribution in [3.05, 3.63) is 123 Å². The number of anilines is 1. The van der Waals surface area contributed by atoms with Gasteiger partial charge in [-0.25, -0.2) is 0 Å². The maximum absolute atomic E-state index is 13.6. The summed E-state index contributed by atoms with van der Waals surface area (Å²) >= 11 is 0. The highest BCUT2D eigenvalue weighted by molar-refractivity contribution is 6.10. The monoisotopic (exact) mass is 464 g/mol. The van der Waals surface area contributed by atoms with Gasteiger partial charge in [0.2, 0.25) is 5.76 Å². The van der Waals surface area contributed by atoms with Crippen LogP contribution in [0.3, 0.4) is 0 Å². The number of rotatable bonds is 5. The van der Waals surface area contributed by atoms with Crippen molar-refractivity contribution in [1.29, 1.82) is 0 Å². The lowest BCUT2D eigenvalue weighted by Crippen LogP contribution is -2.29. The number of fused-ring (bicyclic) bond motifs is 2. The van der Waals surface area contributed by atoms with E-state index in [1.807, 2.05) is 54.6 Å². The first kappa shape index (κ1) is 20.9. The Hall–Kier alpha value is -4.65. The van der Waals surface area contributed by atoms with Crippen LogP contribution < -0.4 is 15.1 Å². The SMILES string of the molecule is Cc1cc(N2C(=O)c3oc4ccccc4c(=O)c3[C@H]2c2cccc(OCc3ccccc3)c2)no1. The molecule has 0 saturated heterocycles. The lowest BCUT2D eigenvalue weighted by molar-refractivity contribution is 0.0969. The second kappa shape index (κ2) is 8.29. The molecule has 0 unspecified atom stereocenters. The van der Waals surface area contributed by atoms with E-state index in [2.05, 4.69) is 5.16 Å². The molecule has 5 aromatic rings. The van der Waals surface area contributed by atoms with Gasteiger partial charge in [0.1, 0.15) is 23.7 Å². The van der Waals surface area contributed by atoms with Gasteiger partial charge in [0.05, 0.1) is 17.0 Å². The number of carbonyl (C=O) groups is 1. The van der Waals surface area contributed by atoms with Crippen LogP contribution in [-0.2, 0) is 6.61 Å². The molecule has 0 fully saturated rings. The summed E-state index contributed by atoms with van der Waals surface area (Å²) in [6.07, 6.45) is 0. The van der Waals surface area contributed by atoms with Crippen LogP contribution in [0.5, 0.6) is 5.75 Å². The van der Waals surface area contributed by atoms with Crippen molar-refractivity contribution >= 4 is 22.7 Å². The van der Waals surface area contributed by atoms with Crippen molar-refractivity contribution in [1.82, 2.24) is 5.16 Å². The van der Waals surface area contributed by atoms with Crippen LogP contribution in [0.1, 0.15) is 39.0 Å². The fourth-order valence-electron chi connectivity index (χ4n) is 4.45. The first-order valence-corrected chi connectivity index (χ1v) is 11.2. The maximum Gasteiger partial charge on any atom is 0.296 e. The molecule has 0 N–H and O–H groups in total. The first-order chi connectivity index (χ1) is 17.1. The lowest BCUT2D eigenvalue weighted by atomic mass is 9.98. The molecule has 1 amide bonds. The summed E-state index contributed by atoms with van der Waals surface area (Å²) in [5.41, 5.74) is 2.12. The average molecular weight is 464 g/mol. The van der Waals surface area contributed by atoms with Crippen molar-refractivity contribution in [2.45, 2.75) is 19.6 Å². The molecule has 0 bridgehead atoms. The van der Waals surface area contributed by atoms with Gasteiger partial charge >= 0.3 is 0 Å². The third-order valence-electron chi connectivity index (χ3n) is 6.06. The number of benzene rings is 3. The highest BCUT2D eigenvalue weighted by atomic mass is 16.5. The average Bonchev–Trinajstić information content (AvgIpc) is 3.44. The van der Waals surface area contributed by atoms with E-state index in [-0.39, 0.29) is 16.8 Å². The summed E-state index contributed by atoms with van der Waals surface area (Å²) in [6, 6.07) is 25.1. The number of aromatic nitrogens is 1. The number of para-hydroxylation sites is 1. The zero-order chi connectivity index (χ0) is 23.9. The number of amides is 1. The number of ether oxygens (including phenoxy) is 1. The summed E-state index contributed by atoms with van der Waals surface area (Å²) < 4.78 is 17.2. The largest absolute Gasteiger partial charge is 0.489 e. The second-order valence-electron chi connectivity index (χ2n) is 8.39. The van der Waals surface area contributed by atoms with Crippen LogP contribution in [-0.4, -0.2) is 11.1 Å². The van der Waals surface area contributed by atoms with Crippen molar-refractivity contribution in [3.8, 4) is 5.75 Å². The molecule has 2 aromatic heterocycles. The summed E-state index contributed by atoms with van der Waals surface area (Å²) in [5, 5.41) is 4.48. The van der Waals surface area contributed by atoms with E-state index < -0.39 is 11.9 Å². The van der Waals surface area contributed by atoms with Gasteiger partial charge in [-0.3, -0.25) is 14.5 Å². The maximum atomic E-state index is 13.6. The Morgan fingerprint density at radius 2 is 1.74 bits per heavy atom. The molecule has 0 spiro atoms. The Morgan fingerprint density at radius 1 is 0.943 bits per heavy atom. The van der Waals surface area contributed by atoms with Crippen LogP contribution in [0, 0.1) is 6.92 Å². The minimum Gasteiger partial charge on any atom is -0.489 e. The molecule has 0 saturated carbocycles. The molecule has 0 radical (unpaired) electrons. The molecule has 6 rings (SSSR count). The fraction of sp³-hybridized carbons (Fsp3) is 0.107. The van der Waals surface area contributed by atoms with Gasteiger partial charge < -0.3 is 13.7 Å². The molecular formula is C28H20N2O5. The van der Waals surface area contributed by atoms with Gasteiger partial charge in [-0.05, 0) is 42.3 Å². The van der Waals surface area contributed by atoms with E-state index in [4.69, 9.17) is 13.7 Å². The molecule has 7 nitrogen and oxygen atoms in total. The van der Waals surface area contributed by atoms with E-state index in [1.54, 1.807) is 37.3 Å². The molecule has 3 aromatic carbocycles. The Morgan fingerprint density at radius 3 is 2.54 bits per heavy atom.